The highest BCUT2D eigenvalue weighted by Gasteiger charge is 2.17. The van der Waals surface area contributed by atoms with Gasteiger partial charge in [0.25, 0.3) is 5.56 Å². The molecule has 0 bridgehead atoms. The number of fused-ring (bicyclic) bond motifs is 3. The molecule has 0 amide bonds. The monoisotopic (exact) mass is 382 g/mol. The first-order valence-corrected chi connectivity index (χ1v) is 9.16. The van der Waals surface area contributed by atoms with Crippen molar-refractivity contribution in [1.29, 1.82) is 0 Å². The van der Waals surface area contributed by atoms with Crippen molar-refractivity contribution in [3.05, 3.63) is 63.8 Å². The zero-order valence-electron chi connectivity index (χ0n) is 15.1. The maximum atomic E-state index is 12.8. The van der Waals surface area contributed by atoms with E-state index >= 15 is 0 Å². The normalized spacial score (nSPS) is 11.5. The Hall–Kier alpha value is -2.70. The van der Waals surface area contributed by atoms with Crippen LogP contribution in [0, 0.1) is 0 Å². The van der Waals surface area contributed by atoms with Crippen LogP contribution in [0.5, 0.6) is 0 Å². The molecule has 0 radical (unpaired) electrons. The van der Waals surface area contributed by atoms with Gasteiger partial charge in [-0.1, -0.05) is 30.7 Å². The van der Waals surface area contributed by atoms with Gasteiger partial charge in [0, 0.05) is 36.6 Å². The SMILES string of the molecule is CCc1nn2c(ncc3c(=O)n(CCOC)ccc32)c1-c1ccc(Cl)cc1. The Morgan fingerprint density at radius 3 is 2.67 bits per heavy atom. The molecule has 3 heterocycles. The van der Waals surface area contributed by atoms with Crippen LogP contribution in [0.2, 0.25) is 5.02 Å². The minimum atomic E-state index is -0.0967. The zero-order chi connectivity index (χ0) is 19.0. The highest BCUT2D eigenvalue weighted by Crippen LogP contribution is 2.30. The second kappa shape index (κ2) is 7.13. The lowest BCUT2D eigenvalue weighted by Gasteiger charge is -2.07. The van der Waals surface area contributed by atoms with Crippen molar-refractivity contribution < 1.29 is 4.74 Å². The number of pyridine rings is 1. The van der Waals surface area contributed by atoms with Crippen LogP contribution in [0.4, 0.5) is 0 Å². The fourth-order valence-electron chi connectivity index (χ4n) is 3.28. The van der Waals surface area contributed by atoms with E-state index in [-0.39, 0.29) is 5.56 Å². The predicted molar refractivity (Wildman–Crippen MR) is 106 cm³/mol. The van der Waals surface area contributed by atoms with E-state index < -0.39 is 0 Å². The van der Waals surface area contributed by atoms with E-state index in [1.165, 1.54) is 0 Å². The predicted octanol–water partition coefficient (Wildman–Crippen LogP) is 3.57. The second-order valence-electron chi connectivity index (χ2n) is 6.28. The van der Waals surface area contributed by atoms with Gasteiger partial charge in [-0.15, -0.1) is 0 Å². The van der Waals surface area contributed by atoms with Gasteiger partial charge in [-0.25, -0.2) is 9.50 Å². The van der Waals surface area contributed by atoms with E-state index in [1.807, 2.05) is 30.3 Å². The van der Waals surface area contributed by atoms with Crippen LogP contribution >= 0.6 is 11.6 Å². The van der Waals surface area contributed by atoms with Crippen LogP contribution in [0.3, 0.4) is 0 Å². The molecule has 0 aliphatic carbocycles. The lowest BCUT2D eigenvalue weighted by Crippen LogP contribution is -2.22. The Labute approximate surface area is 161 Å². The number of aryl methyl sites for hydroxylation is 1. The molecular weight excluding hydrogens is 364 g/mol. The van der Waals surface area contributed by atoms with E-state index in [9.17, 15) is 4.79 Å². The molecular formula is C20H19ClN4O2. The first-order chi connectivity index (χ1) is 13.1. The van der Waals surface area contributed by atoms with Gasteiger partial charge < -0.3 is 9.30 Å². The summed E-state index contributed by atoms with van der Waals surface area (Å²) in [5.41, 5.74) is 4.29. The molecule has 3 aromatic heterocycles. The average Bonchev–Trinajstić information content (AvgIpc) is 3.07. The quantitative estimate of drug-likeness (QED) is 0.529. The van der Waals surface area contributed by atoms with Crippen molar-refractivity contribution in [2.45, 2.75) is 19.9 Å². The van der Waals surface area contributed by atoms with E-state index in [2.05, 4.69) is 11.9 Å². The van der Waals surface area contributed by atoms with Crippen molar-refractivity contribution in [3.8, 4) is 11.1 Å². The van der Waals surface area contributed by atoms with Gasteiger partial charge in [-0.05, 0) is 30.2 Å². The highest BCUT2D eigenvalue weighted by atomic mass is 35.5. The molecule has 0 saturated carbocycles. The number of hydrogen-bond acceptors (Lipinski definition) is 4. The van der Waals surface area contributed by atoms with Gasteiger partial charge in [0.15, 0.2) is 5.65 Å². The van der Waals surface area contributed by atoms with Gasteiger partial charge >= 0.3 is 0 Å². The van der Waals surface area contributed by atoms with Crippen molar-refractivity contribution >= 4 is 28.2 Å². The molecule has 0 aliphatic heterocycles. The first kappa shape index (κ1) is 17.7. The van der Waals surface area contributed by atoms with Crippen molar-refractivity contribution in [2.75, 3.05) is 13.7 Å². The third-order valence-corrected chi connectivity index (χ3v) is 4.91. The third kappa shape index (κ3) is 3.01. The van der Waals surface area contributed by atoms with Crippen molar-refractivity contribution in [1.82, 2.24) is 19.2 Å². The van der Waals surface area contributed by atoms with Crippen LogP contribution in [-0.4, -0.2) is 32.9 Å². The lowest BCUT2D eigenvalue weighted by atomic mass is 10.0. The fourth-order valence-corrected chi connectivity index (χ4v) is 3.41. The van der Waals surface area contributed by atoms with Gasteiger partial charge in [-0.2, -0.15) is 5.10 Å². The zero-order valence-corrected chi connectivity index (χ0v) is 15.9. The van der Waals surface area contributed by atoms with Gasteiger partial charge in [-0.3, -0.25) is 4.79 Å². The number of benzene rings is 1. The van der Waals surface area contributed by atoms with Crippen LogP contribution in [0.15, 0.2) is 47.5 Å². The molecule has 1 aromatic carbocycles. The molecule has 0 N–H and O–H groups in total. The number of methoxy groups -OCH3 is 1. The summed E-state index contributed by atoms with van der Waals surface area (Å²) < 4.78 is 8.46. The maximum Gasteiger partial charge on any atom is 0.261 e. The summed E-state index contributed by atoms with van der Waals surface area (Å²) in [5.74, 6) is 0. The molecule has 6 nitrogen and oxygen atoms in total. The third-order valence-electron chi connectivity index (χ3n) is 4.66. The second-order valence-corrected chi connectivity index (χ2v) is 6.72. The van der Waals surface area contributed by atoms with Gasteiger partial charge in [0.05, 0.1) is 23.2 Å². The summed E-state index contributed by atoms with van der Waals surface area (Å²) in [7, 11) is 1.62. The number of aromatic nitrogens is 4. The molecule has 138 valence electrons. The number of hydrogen-bond donors (Lipinski definition) is 0. The molecule has 0 unspecified atom stereocenters. The molecule has 4 aromatic rings. The summed E-state index contributed by atoms with van der Waals surface area (Å²) in [5, 5.41) is 5.96. The molecule has 7 heteroatoms. The van der Waals surface area contributed by atoms with Crippen molar-refractivity contribution in [2.24, 2.45) is 0 Å². The number of ether oxygens (including phenoxy) is 1. The van der Waals surface area contributed by atoms with Crippen LogP contribution in [0.1, 0.15) is 12.6 Å². The van der Waals surface area contributed by atoms with Crippen LogP contribution < -0.4 is 5.56 Å². The van der Waals surface area contributed by atoms with Crippen LogP contribution in [0.25, 0.3) is 27.7 Å². The largest absolute Gasteiger partial charge is 0.383 e. The summed E-state index contributed by atoms with van der Waals surface area (Å²) in [6.07, 6.45) is 4.17. The molecule has 0 spiro atoms. The smallest absolute Gasteiger partial charge is 0.261 e. The Morgan fingerprint density at radius 1 is 1.19 bits per heavy atom. The highest BCUT2D eigenvalue weighted by molar-refractivity contribution is 6.30. The average molecular weight is 383 g/mol. The maximum absolute atomic E-state index is 12.8. The van der Waals surface area contributed by atoms with Crippen molar-refractivity contribution in [3.63, 3.8) is 0 Å². The Kier molecular flexibility index (Phi) is 4.68. The standard InChI is InChI=1S/C20H19ClN4O2/c1-3-16-18(13-4-6-14(21)7-5-13)19-22-12-15-17(25(19)23-16)8-9-24(20(15)26)10-11-27-2/h4-9,12H,3,10-11H2,1-2H3. The Balaban J connectivity index is 1.97. The van der Waals surface area contributed by atoms with Gasteiger partial charge in [0.2, 0.25) is 0 Å². The molecule has 0 saturated heterocycles. The van der Waals surface area contributed by atoms with E-state index in [1.54, 1.807) is 28.6 Å². The summed E-state index contributed by atoms with van der Waals surface area (Å²) >= 11 is 6.03. The Bertz CT molecular complexity index is 1180. The Morgan fingerprint density at radius 2 is 1.96 bits per heavy atom. The van der Waals surface area contributed by atoms with Gasteiger partial charge in [0.1, 0.15) is 0 Å². The fraction of sp³-hybridized carbons (Fsp3) is 0.250. The molecule has 0 fully saturated rings. The molecule has 0 aliphatic rings. The molecule has 27 heavy (non-hydrogen) atoms. The van der Waals surface area contributed by atoms with E-state index in [4.69, 9.17) is 21.4 Å². The molecule has 4 rings (SSSR count). The lowest BCUT2D eigenvalue weighted by molar-refractivity contribution is 0.186. The topological polar surface area (TPSA) is 61.4 Å². The number of halogens is 1. The minimum Gasteiger partial charge on any atom is -0.383 e. The minimum absolute atomic E-state index is 0.0967. The number of rotatable bonds is 5. The number of nitrogens with zero attached hydrogens (tertiary/aromatic N) is 4. The summed E-state index contributed by atoms with van der Waals surface area (Å²) in [4.78, 5) is 17.3. The van der Waals surface area contributed by atoms with Crippen LogP contribution in [-0.2, 0) is 17.7 Å². The molecule has 0 atom stereocenters. The van der Waals surface area contributed by atoms with E-state index in [0.29, 0.717) is 23.6 Å². The summed E-state index contributed by atoms with van der Waals surface area (Å²) in [6, 6.07) is 9.55. The summed E-state index contributed by atoms with van der Waals surface area (Å²) in [6.45, 7) is 3.03. The van der Waals surface area contributed by atoms with E-state index in [0.717, 1.165) is 34.4 Å². The first-order valence-electron chi connectivity index (χ1n) is 8.78.